The Kier molecular flexibility index (Phi) is 4.65. The first-order valence-electron chi connectivity index (χ1n) is 7.73. The summed E-state index contributed by atoms with van der Waals surface area (Å²) in [6, 6.07) is 11.4. The number of amides is 1. The summed E-state index contributed by atoms with van der Waals surface area (Å²) in [5, 5.41) is 10.8. The van der Waals surface area contributed by atoms with Gasteiger partial charge in [-0.15, -0.1) is 10.2 Å². The lowest BCUT2D eigenvalue weighted by Crippen LogP contribution is -2.13. The Morgan fingerprint density at radius 2 is 2.04 bits per heavy atom. The van der Waals surface area contributed by atoms with Gasteiger partial charge in [-0.2, -0.15) is 0 Å². The molecule has 6 heteroatoms. The maximum atomic E-state index is 12.1. The summed E-state index contributed by atoms with van der Waals surface area (Å²) < 4.78 is 5.55. The molecule has 0 aliphatic heterocycles. The fourth-order valence-electron chi connectivity index (χ4n) is 2.33. The van der Waals surface area contributed by atoms with Crippen molar-refractivity contribution in [3.63, 3.8) is 0 Å². The minimum Gasteiger partial charge on any atom is -0.419 e. The number of pyridine rings is 1. The Balaban J connectivity index is 1.58. The van der Waals surface area contributed by atoms with Gasteiger partial charge in [-0.05, 0) is 37.6 Å². The fraction of sp³-hybridized carbons (Fsp3) is 0.222. The Hall–Kier alpha value is -3.02. The first-order valence-corrected chi connectivity index (χ1v) is 7.73. The third kappa shape index (κ3) is 3.84. The number of hydrogen-bond acceptors (Lipinski definition) is 5. The number of nitrogens with one attached hydrogen (secondary N) is 1. The van der Waals surface area contributed by atoms with E-state index in [9.17, 15) is 4.79 Å². The molecule has 0 aliphatic rings. The molecule has 24 heavy (non-hydrogen) atoms. The van der Waals surface area contributed by atoms with Crippen molar-refractivity contribution in [2.45, 2.75) is 26.7 Å². The van der Waals surface area contributed by atoms with E-state index >= 15 is 0 Å². The summed E-state index contributed by atoms with van der Waals surface area (Å²) in [5.74, 6) is 0.700. The van der Waals surface area contributed by atoms with E-state index in [0.717, 1.165) is 11.3 Å². The van der Waals surface area contributed by atoms with Gasteiger partial charge in [0.1, 0.15) is 5.69 Å². The van der Waals surface area contributed by atoms with Crippen LogP contribution in [-0.4, -0.2) is 21.1 Å². The van der Waals surface area contributed by atoms with Crippen LogP contribution >= 0.6 is 0 Å². The fourth-order valence-corrected chi connectivity index (χ4v) is 2.33. The maximum Gasteiger partial charge on any atom is 0.266 e. The Bertz CT molecular complexity index is 843. The van der Waals surface area contributed by atoms with E-state index in [2.05, 4.69) is 20.5 Å². The summed E-state index contributed by atoms with van der Waals surface area (Å²) in [6.07, 6.45) is 2.32. The standard InChI is InChI=1S/C18H18N4O2/c1-12-6-7-14(13(2)11-12)20-16(23)8-9-17-21-22-18(24-17)15-5-3-4-10-19-15/h3-7,10-11H,8-9H2,1-2H3,(H,20,23). The minimum atomic E-state index is -0.0838. The van der Waals surface area contributed by atoms with Crippen LogP contribution in [0, 0.1) is 13.8 Å². The molecule has 3 aromatic rings. The molecule has 0 saturated heterocycles. The molecule has 3 rings (SSSR count). The predicted molar refractivity (Wildman–Crippen MR) is 90.4 cm³/mol. The lowest BCUT2D eigenvalue weighted by Gasteiger charge is -2.08. The summed E-state index contributed by atoms with van der Waals surface area (Å²) in [5.41, 5.74) is 3.65. The van der Waals surface area contributed by atoms with Crippen LogP contribution < -0.4 is 5.32 Å². The number of aromatic nitrogens is 3. The van der Waals surface area contributed by atoms with Crippen LogP contribution in [-0.2, 0) is 11.2 Å². The average Bonchev–Trinajstić information content (AvgIpc) is 3.05. The van der Waals surface area contributed by atoms with E-state index in [-0.39, 0.29) is 12.3 Å². The zero-order valence-electron chi connectivity index (χ0n) is 13.6. The molecule has 0 radical (unpaired) electrons. The van der Waals surface area contributed by atoms with Gasteiger partial charge in [0.15, 0.2) is 0 Å². The molecule has 2 aromatic heterocycles. The number of aryl methyl sites for hydroxylation is 3. The molecule has 0 bridgehead atoms. The molecule has 1 aromatic carbocycles. The van der Waals surface area contributed by atoms with Crippen molar-refractivity contribution >= 4 is 11.6 Å². The van der Waals surface area contributed by atoms with Gasteiger partial charge in [0.2, 0.25) is 11.8 Å². The molecular formula is C18H18N4O2. The van der Waals surface area contributed by atoms with E-state index in [1.807, 2.05) is 44.2 Å². The molecule has 1 N–H and O–H groups in total. The van der Waals surface area contributed by atoms with Gasteiger partial charge in [0, 0.05) is 24.7 Å². The second kappa shape index (κ2) is 7.04. The Morgan fingerprint density at radius 1 is 1.17 bits per heavy atom. The van der Waals surface area contributed by atoms with Gasteiger partial charge in [-0.25, -0.2) is 0 Å². The smallest absolute Gasteiger partial charge is 0.266 e. The highest BCUT2D eigenvalue weighted by molar-refractivity contribution is 5.91. The summed E-state index contributed by atoms with van der Waals surface area (Å²) in [4.78, 5) is 16.2. The average molecular weight is 322 g/mol. The van der Waals surface area contributed by atoms with Crippen LogP contribution in [0.15, 0.2) is 47.0 Å². The highest BCUT2D eigenvalue weighted by Gasteiger charge is 2.11. The zero-order chi connectivity index (χ0) is 16.9. The molecule has 0 saturated carbocycles. The van der Waals surface area contributed by atoms with Crippen molar-refractivity contribution in [3.05, 3.63) is 59.6 Å². The number of carbonyl (C=O) groups excluding carboxylic acids is 1. The van der Waals surface area contributed by atoms with Crippen LogP contribution in [0.2, 0.25) is 0 Å². The van der Waals surface area contributed by atoms with Gasteiger partial charge < -0.3 is 9.73 Å². The Labute approximate surface area is 140 Å². The summed E-state index contributed by atoms with van der Waals surface area (Å²) in [7, 11) is 0. The lowest BCUT2D eigenvalue weighted by molar-refractivity contribution is -0.116. The van der Waals surface area contributed by atoms with Gasteiger partial charge >= 0.3 is 0 Å². The van der Waals surface area contributed by atoms with E-state index < -0.39 is 0 Å². The molecule has 122 valence electrons. The second-order valence-corrected chi connectivity index (χ2v) is 5.58. The highest BCUT2D eigenvalue weighted by atomic mass is 16.4. The number of hydrogen-bond donors (Lipinski definition) is 1. The molecule has 0 aliphatic carbocycles. The van der Waals surface area contributed by atoms with Crippen molar-refractivity contribution in [1.82, 2.24) is 15.2 Å². The minimum absolute atomic E-state index is 0.0838. The zero-order valence-corrected chi connectivity index (χ0v) is 13.6. The molecular weight excluding hydrogens is 304 g/mol. The van der Waals surface area contributed by atoms with Crippen molar-refractivity contribution in [3.8, 4) is 11.6 Å². The van der Waals surface area contributed by atoms with Crippen molar-refractivity contribution < 1.29 is 9.21 Å². The van der Waals surface area contributed by atoms with Crippen LogP contribution in [0.1, 0.15) is 23.4 Å². The number of anilines is 1. The molecule has 0 atom stereocenters. The van der Waals surface area contributed by atoms with Gasteiger partial charge in [-0.1, -0.05) is 23.8 Å². The molecule has 0 unspecified atom stereocenters. The maximum absolute atomic E-state index is 12.1. The number of nitrogens with zero attached hydrogens (tertiary/aromatic N) is 3. The summed E-state index contributed by atoms with van der Waals surface area (Å²) in [6.45, 7) is 3.99. The first kappa shape index (κ1) is 15.9. The van der Waals surface area contributed by atoms with E-state index in [1.54, 1.807) is 12.3 Å². The topological polar surface area (TPSA) is 80.9 Å². The van der Waals surface area contributed by atoms with Crippen molar-refractivity contribution in [2.24, 2.45) is 0 Å². The van der Waals surface area contributed by atoms with Crippen LogP contribution in [0.25, 0.3) is 11.6 Å². The SMILES string of the molecule is Cc1ccc(NC(=O)CCc2nnc(-c3ccccn3)o2)c(C)c1. The number of carbonyl (C=O) groups is 1. The third-order valence-electron chi connectivity index (χ3n) is 3.57. The molecule has 0 fully saturated rings. The first-order chi connectivity index (χ1) is 11.6. The van der Waals surface area contributed by atoms with Gasteiger partial charge in [0.25, 0.3) is 5.89 Å². The quantitative estimate of drug-likeness (QED) is 0.779. The van der Waals surface area contributed by atoms with Crippen LogP contribution in [0.5, 0.6) is 0 Å². The van der Waals surface area contributed by atoms with E-state index in [1.165, 1.54) is 5.56 Å². The highest BCUT2D eigenvalue weighted by Crippen LogP contribution is 2.17. The van der Waals surface area contributed by atoms with Crippen LogP contribution in [0.4, 0.5) is 5.69 Å². The van der Waals surface area contributed by atoms with Crippen molar-refractivity contribution in [1.29, 1.82) is 0 Å². The lowest BCUT2D eigenvalue weighted by atomic mass is 10.1. The largest absolute Gasteiger partial charge is 0.419 e. The van der Waals surface area contributed by atoms with Crippen molar-refractivity contribution in [2.75, 3.05) is 5.32 Å². The van der Waals surface area contributed by atoms with E-state index in [0.29, 0.717) is 23.9 Å². The number of benzene rings is 1. The third-order valence-corrected chi connectivity index (χ3v) is 3.57. The van der Waals surface area contributed by atoms with Gasteiger partial charge in [0.05, 0.1) is 0 Å². The monoisotopic (exact) mass is 322 g/mol. The summed E-state index contributed by atoms with van der Waals surface area (Å²) >= 11 is 0. The molecule has 0 spiro atoms. The molecule has 6 nitrogen and oxygen atoms in total. The van der Waals surface area contributed by atoms with Gasteiger partial charge in [-0.3, -0.25) is 9.78 Å². The molecule has 1 amide bonds. The van der Waals surface area contributed by atoms with E-state index in [4.69, 9.17) is 4.42 Å². The number of rotatable bonds is 5. The predicted octanol–water partition coefficient (Wildman–Crippen LogP) is 3.32. The van der Waals surface area contributed by atoms with Crippen LogP contribution in [0.3, 0.4) is 0 Å². The second-order valence-electron chi connectivity index (χ2n) is 5.58. The molecule has 2 heterocycles. The Morgan fingerprint density at radius 3 is 2.79 bits per heavy atom. The normalized spacial score (nSPS) is 10.6.